The first-order valence-corrected chi connectivity index (χ1v) is 8.89. The van der Waals surface area contributed by atoms with E-state index in [1.165, 1.54) is 14.0 Å². The molecule has 0 unspecified atom stereocenters. The van der Waals surface area contributed by atoms with Gasteiger partial charge in [-0.2, -0.15) is 4.98 Å². The van der Waals surface area contributed by atoms with Gasteiger partial charge < -0.3 is 20.7 Å². The number of aryl methyl sites for hydroxylation is 1. The molecule has 2 aromatic carbocycles. The van der Waals surface area contributed by atoms with Crippen molar-refractivity contribution < 1.29 is 14.3 Å². The zero-order chi connectivity index (χ0) is 20.8. The molecule has 0 bridgehead atoms. The number of carbonyl (C=O) groups excluding carboxylic acids is 2. The molecule has 29 heavy (non-hydrogen) atoms. The number of hydrogen-bond donors (Lipinski definition) is 3. The fourth-order valence-electron chi connectivity index (χ4n) is 2.65. The van der Waals surface area contributed by atoms with Crippen LogP contribution < -0.4 is 16.0 Å². The van der Waals surface area contributed by atoms with Gasteiger partial charge in [-0.15, -0.1) is 0 Å². The lowest BCUT2D eigenvalue weighted by Gasteiger charge is -2.11. The zero-order valence-electron chi connectivity index (χ0n) is 16.3. The molecule has 8 heteroatoms. The molecule has 1 heterocycles. The van der Waals surface area contributed by atoms with Gasteiger partial charge in [-0.3, -0.25) is 4.79 Å². The van der Waals surface area contributed by atoms with Gasteiger partial charge in [0.2, 0.25) is 11.9 Å². The monoisotopic (exact) mass is 391 g/mol. The van der Waals surface area contributed by atoms with Gasteiger partial charge in [0.1, 0.15) is 5.82 Å². The molecule has 0 aliphatic rings. The first kappa shape index (κ1) is 19.8. The van der Waals surface area contributed by atoms with Gasteiger partial charge >= 0.3 is 5.97 Å². The zero-order valence-corrected chi connectivity index (χ0v) is 16.3. The van der Waals surface area contributed by atoms with E-state index < -0.39 is 5.97 Å². The third-order valence-electron chi connectivity index (χ3n) is 3.87. The molecule has 0 atom stereocenters. The molecule has 1 amide bonds. The van der Waals surface area contributed by atoms with E-state index >= 15 is 0 Å². The summed E-state index contributed by atoms with van der Waals surface area (Å²) < 4.78 is 4.70. The van der Waals surface area contributed by atoms with Gasteiger partial charge in [0.15, 0.2) is 0 Å². The van der Waals surface area contributed by atoms with E-state index in [2.05, 4.69) is 25.9 Å². The Morgan fingerprint density at radius 3 is 2.31 bits per heavy atom. The lowest BCUT2D eigenvalue weighted by atomic mass is 10.2. The standard InChI is InChI=1S/C21H21N5O3/c1-13-11-19(24-18-6-4-5-17(12-18)23-14(2)27)26-21(22-13)25-16-9-7-15(8-10-16)20(28)29-3/h4-12H,1-3H3,(H,23,27)(H2,22,24,25,26). The van der Waals surface area contributed by atoms with Crippen molar-refractivity contribution in [2.24, 2.45) is 0 Å². The number of hydrogen-bond acceptors (Lipinski definition) is 7. The Balaban J connectivity index is 1.76. The van der Waals surface area contributed by atoms with Gasteiger partial charge in [0, 0.05) is 35.7 Å². The van der Waals surface area contributed by atoms with Gasteiger partial charge in [-0.25, -0.2) is 9.78 Å². The van der Waals surface area contributed by atoms with Crippen LogP contribution in [0.3, 0.4) is 0 Å². The molecule has 1 aromatic heterocycles. The SMILES string of the molecule is COC(=O)c1ccc(Nc2nc(C)cc(Nc3cccc(NC(C)=O)c3)n2)cc1. The molecule has 0 saturated heterocycles. The van der Waals surface area contributed by atoms with Crippen molar-refractivity contribution in [3.05, 3.63) is 65.9 Å². The normalized spacial score (nSPS) is 10.2. The average Bonchev–Trinajstić information content (AvgIpc) is 2.67. The summed E-state index contributed by atoms with van der Waals surface area (Å²) in [7, 11) is 1.34. The van der Waals surface area contributed by atoms with E-state index in [4.69, 9.17) is 4.74 Å². The highest BCUT2D eigenvalue weighted by atomic mass is 16.5. The first-order valence-electron chi connectivity index (χ1n) is 8.89. The second kappa shape index (κ2) is 8.83. The third kappa shape index (κ3) is 5.52. The summed E-state index contributed by atoms with van der Waals surface area (Å²) in [6, 6.07) is 16.0. The highest BCUT2D eigenvalue weighted by molar-refractivity contribution is 5.90. The summed E-state index contributed by atoms with van der Waals surface area (Å²) >= 11 is 0. The van der Waals surface area contributed by atoms with Gasteiger partial charge in [0.25, 0.3) is 0 Å². The van der Waals surface area contributed by atoms with Crippen molar-refractivity contribution in [2.45, 2.75) is 13.8 Å². The van der Waals surface area contributed by atoms with E-state index in [0.717, 1.165) is 17.1 Å². The van der Waals surface area contributed by atoms with Crippen LogP contribution in [0.25, 0.3) is 0 Å². The molecule has 0 spiro atoms. The lowest BCUT2D eigenvalue weighted by Crippen LogP contribution is -2.06. The van der Waals surface area contributed by atoms with Crippen molar-refractivity contribution in [3.8, 4) is 0 Å². The molecule has 8 nitrogen and oxygen atoms in total. The quantitative estimate of drug-likeness (QED) is 0.545. The Labute approximate surface area is 168 Å². The number of amides is 1. The molecule has 148 valence electrons. The summed E-state index contributed by atoms with van der Waals surface area (Å²) in [4.78, 5) is 31.6. The molecule has 0 aliphatic carbocycles. The summed E-state index contributed by atoms with van der Waals surface area (Å²) in [5.74, 6) is 0.489. The molecular formula is C21H21N5O3. The molecule has 0 aliphatic heterocycles. The predicted molar refractivity (Wildman–Crippen MR) is 112 cm³/mol. The number of ether oxygens (including phenoxy) is 1. The second-order valence-electron chi connectivity index (χ2n) is 6.30. The Kier molecular flexibility index (Phi) is 6.03. The summed E-state index contributed by atoms with van der Waals surface area (Å²) in [5, 5.41) is 9.08. The minimum atomic E-state index is -0.392. The maximum absolute atomic E-state index is 11.5. The lowest BCUT2D eigenvalue weighted by molar-refractivity contribution is -0.114. The van der Waals surface area contributed by atoms with E-state index in [1.54, 1.807) is 24.3 Å². The van der Waals surface area contributed by atoms with Crippen LogP contribution in [0.2, 0.25) is 0 Å². The first-order chi connectivity index (χ1) is 13.9. The number of aromatic nitrogens is 2. The molecule has 0 saturated carbocycles. The highest BCUT2D eigenvalue weighted by Gasteiger charge is 2.07. The highest BCUT2D eigenvalue weighted by Crippen LogP contribution is 2.22. The Morgan fingerprint density at radius 2 is 1.62 bits per heavy atom. The van der Waals surface area contributed by atoms with Crippen LogP contribution in [0, 0.1) is 6.92 Å². The van der Waals surface area contributed by atoms with Gasteiger partial charge in [-0.05, 0) is 49.4 Å². The third-order valence-corrected chi connectivity index (χ3v) is 3.87. The van der Waals surface area contributed by atoms with Crippen molar-refractivity contribution in [2.75, 3.05) is 23.1 Å². The molecular weight excluding hydrogens is 370 g/mol. The second-order valence-corrected chi connectivity index (χ2v) is 6.30. The van der Waals surface area contributed by atoms with Crippen LogP contribution in [0.1, 0.15) is 23.0 Å². The number of esters is 1. The number of benzene rings is 2. The van der Waals surface area contributed by atoms with Gasteiger partial charge in [0.05, 0.1) is 12.7 Å². The largest absolute Gasteiger partial charge is 0.465 e. The van der Waals surface area contributed by atoms with Crippen molar-refractivity contribution in [3.63, 3.8) is 0 Å². The van der Waals surface area contributed by atoms with Crippen molar-refractivity contribution >= 4 is 40.7 Å². The Bertz CT molecular complexity index is 1030. The smallest absolute Gasteiger partial charge is 0.337 e. The fourth-order valence-corrected chi connectivity index (χ4v) is 2.65. The molecule has 3 N–H and O–H groups in total. The van der Waals surface area contributed by atoms with Gasteiger partial charge in [-0.1, -0.05) is 6.07 Å². The maximum atomic E-state index is 11.5. The van der Waals surface area contributed by atoms with E-state index in [1.807, 2.05) is 37.3 Å². The van der Waals surface area contributed by atoms with E-state index in [9.17, 15) is 9.59 Å². The van der Waals surface area contributed by atoms with Crippen LogP contribution in [0.5, 0.6) is 0 Å². The summed E-state index contributed by atoms with van der Waals surface area (Å²) in [5.41, 5.74) is 3.45. The maximum Gasteiger partial charge on any atom is 0.337 e. The van der Waals surface area contributed by atoms with E-state index in [0.29, 0.717) is 23.0 Å². The predicted octanol–water partition coefficient (Wildman–Crippen LogP) is 4.02. The minimum absolute atomic E-state index is 0.135. The number of anilines is 5. The Hall–Kier alpha value is -3.94. The fraction of sp³-hybridized carbons (Fsp3) is 0.143. The van der Waals surface area contributed by atoms with Crippen molar-refractivity contribution in [1.82, 2.24) is 9.97 Å². The summed E-state index contributed by atoms with van der Waals surface area (Å²) in [6.45, 7) is 3.33. The van der Waals surface area contributed by atoms with Crippen LogP contribution in [-0.4, -0.2) is 29.0 Å². The Morgan fingerprint density at radius 1 is 0.897 bits per heavy atom. The number of methoxy groups -OCH3 is 1. The molecule has 3 aromatic rings. The summed E-state index contributed by atoms with van der Waals surface area (Å²) in [6.07, 6.45) is 0. The van der Waals surface area contributed by atoms with Crippen molar-refractivity contribution in [1.29, 1.82) is 0 Å². The number of rotatable bonds is 6. The molecule has 0 radical (unpaired) electrons. The molecule has 3 rings (SSSR count). The number of nitrogens with one attached hydrogen (secondary N) is 3. The van der Waals surface area contributed by atoms with Crippen LogP contribution in [-0.2, 0) is 9.53 Å². The van der Waals surface area contributed by atoms with Crippen LogP contribution in [0.4, 0.5) is 28.8 Å². The average molecular weight is 391 g/mol. The minimum Gasteiger partial charge on any atom is -0.465 e. The number of nitrogens with zero attached hydrogens (tertiary/aromatic N) is 2. The van der Waals surface area contributed by atoms with E-state index in [-0.39, 0.29) is 5.91 Å². The number of carbonyl (C=O) groups is 2. The molecule has 0 fully saturated rings. The topological polar surface area (TPSA) is 105 Å². The van der Waals surface area contributed by atoms with Crippen LogP contribution >= 0.6 is 0 Å². The van der Waals surface area contributed by atoms with Crippen LogP contribution in [0.15, 0.2) is 54.6 Å².